The highest BCUT2D eigenvalue weighted by atomic mass is 16.5. The molecule has 0 heterocycles. The zero-order chi connectivity index (χ0) is 23.4. The first kappa shape index (κ1) is 22.8. The van der Waals surface area contributed by atoms with Crippen molar-refractivity contribution in [2.75, 3.05) is 13.2 Å². The molecule has 0 saturated heterocycles. The summed E-state index contributed by atoms with van der Waals surface area (Å²) < 4.78 is 5.45. The quantitative estimate of drug-likeness (QED) is 0.488. The molecule has 2 aromatic rings. The lowest BCUT2D eigenvalue weighted by molar-refractivity contribution is -0.140. The molecular formula is C25H28N2O6. The van der Waals surface area contributed by atoms with Gasteiger partial charge in [-0.3, -0.25) is 9.59 Å². The van der Waals surface area contributed by atoms with Gasteiger partial charge in [-0.05, 0) is 35.1 Å². The number of hydrogen-bond acceptors (Lipinski definition) is 5. The van der Waals surface area contributed by atoms with E-state index in [0.717, 1.165) is 35.1 Å². The van der Waals surface area contributed by atoms with E-state index in [4.69, 9.17) is 4.74 Å². The van der Waals surface area contributed by atoms with Gasteiger partial charge in [0, 0.05) is 5.92 Å². The van der Waals surface area contributed by atoms with Crippen molar-refractivity contribution < 1.29 is 29.3 Å². The van der Waals surface area contributed by atoms with Crippen LogP contribution in [0.15, 0.2) is 48.5 Å². The monoisotopic (exact) mass is 452 g/mol. The lowest BCUT2D eigenvalue weighted by atomic mass is 9.98. The Labute approximate surface area is 192 Å². The maximum atomic E-state index is 12.8. The van der Waals surface area contributed by atoms with Crippen LogP contribution in [0, 0.1) is 0 Å². The van der Waals surface area contributed by atoms with Gasteiger partial charge < -0.3 is 25.6 Å². The minimum absolute atomic E-state index is 0.0574. The van der Waals surface area contributed by atoms with Crippen LogP contribution in [-0.4, -0.2) is 53.0 Å². The molecule has 0 spiro atoms. The van der Waals surface area contributed by atoms with Gasteiger partial charge in [0.2, 0.25) is 5.91 Å². The van der Waals surface area contributed by atoms with Crippen LogP contribution < -0.4 is 10.6 Å². The maximum absolute atomic E-state index is 12.8. The number of carboxylic acids is 1. The average molecular weight is 453 g/mol. The van der Waals surface area contributed by atoms with E-state index in [1.54, 1.807) is 0 Å². The fourth-order valence-electron chi connectivity index (χ4n) is 4.89. The van der Waals surface area contributed by atoms with Crippen LogP contribution in [0.25, 0.3) is 11.1 Å². The smallest absolute Gasteiger partial charge is 0.407 e. The number of carbonyl (C=O) groups is 3. The molecular weight excluding hydrogens is 424 g/mol. The number of hydrogen-bond donors (Lipinski definition) is 4. The fourth-order valence-corrected chi connectivity index (χ4v) is 4.89. The first-order valence-corrected chi connectivity index (χ1v) is 11.2. The number of aliphatic hydroxyl groups excluding tert-OH is 1. The second-order valence-electron chi connectivity index (χ2n) is 8.76. The number of rotatable bonds is 8. The largest absolute Gasteiger partial charge is 0.481 e. The number of carbonyl (C=O) groups excluding carboxylic acids is 2. The summed E-state index contributed by atoms with van der Waals surface area (Å²) in [4.78, 5) is 36.6. The zero-order valence-corrected chi connectivity index (χ0v) is 18.3. The third-order valence-corrected chi connectivity index (χ3v) is 6.58. The number of amides is 2. The maximum Gasteiger partial charge on any atom is 0.407 e. The van der Waals surface area contributed by atoms with Gasteiger partial charge in [-0.1, -0.05) is 61.4 Å². The minimum atomic E-state index is -1.30. The standard InChI is InChI=1S/C25H28N2O6/c28-15-25(11-5-6-12-25)27-23(31)21(13-22(29)30)26-24(32)33-14-20-18-9-3-1-7-16(18)17-8-2-4-10-19(17)20/h1-4,7-10,20-21,28H,5-6,11-15H2,(H,26,32)(H,27,31)(H,29,30). The van der Waals surface area contributed by atoms with Gasteiger partial charge in [0.25, 0.3) is 0 Å². The molecule has 1 fully saturated rings. The molecule has 8 heteroatoms. The summed E-state index contributed by atoms with van der Waals surface area (Å²) in [5.41, 5.74) is 3.53. The second-order valence-corrected chi connectivity index (χ2v) is 8.76. The normalized spacial score (nSPS) is 17.0. The number of carboxylic acid groups (broad SMARTS) is 1. The highest BCUT2D eigenvalue weighted by Gasteiger charge is 2.37. The number of aliphatic hydroxyl groups is 1. The Hall–Kier alpha value is -3.39. The van der Waals surface area contributed by atoms with Gasteiger partial charge in [-0.25, -0.2) is 4.79 Å². The molecule has 33 heavy (non-hydrogen) atoms. The molecule has 4 N–H and O–H groups in total. The minimum Gasteiger partial charge on any atom is -0.481 e. The number of ether oxygens (including phenoxy) is 1. The zero-order valence-electron chi connectivity index (χ0n) is 18.3. The third kappa shape index (κ3) is 4.85. The summed E-state index contributed by atoms with van der Waals surface area (Å²) in [5, 5.41) is 24.1. The van der Waals surface area contributed by atoms with Crippen molar-refractivity contribution in [2.45, 2.75) is 49.6 Å². The number of aliphatic carboxylic acids is 1. The molecule has 2 aromatic carbocycles. The van der Waals surface area contributed by atoms with E-state index in [9.17, 15) is 24.6 Å². The molecule has 0 radical (unpaired) electrons. The topological polar surface area (TPSA) is 125 Å². The molecule has 0 aromatic heterocycles. The van der Waals surface area contributed by atoms with Gasteiger partial charge in [0.15, 0.2) is 0 Å². The van der Waals surface area contributed by atoms with Crippen molar-refractivity contribution >= 4 is 18.0 Å². The fraction of sp³-hybridized carbons (Fsp3) is 0.400. The first-order valence-electron chi connectivity index (χ1n) is 11.2. The number of alkyl carbamates (subject to hydrolysis) is 1. The van der Waals surface area contributed by atoms with Gasteiger partial charge in [-0.2, -0.15) is 0 Å². The summed E-state index contributed by atoms with van der Waals surface area (Å²) in [6, 6.07) is 14.5. The average Bonchev–Trinajstić information content (AvgIpc) is 3.40. The first-order chi connectivity index (χ1) is 15.9. The molecule has 174 valence electrons. The Morgan fingerprint density at radius 2 is 1.58 bits per heavy atom. The Kier molecular flexibility index (Phi) is 6.65. The van der Waals surface area contributed by atoms with Crippen LogP contribution in [-0.2, 0) is 14.3 Å². The van der Waals surface area contributed by atoms with Crippen LogP contribution in [0.1, 0.15) is 49.1 Å². The van der Waals surface area contributed by atoms with Crippen molar-refractivity contribution in [1.82, 2.24) is 10.6 Å². The lowest BCUT2D eigenvalue weighted by Gasteiger charge is -2.30. The Morgan fingerprint density at radius 3 is 2.12 bits per heavy atom. The lowest BCUT2D eigenvalue weighted by Crippen LogP contribution is -2.56. The predicted octanol–water partition coefficient (Wildman–Crippen LogP) is 2.79. The van der Waals surface area contributed by atoms with Crippen LogP contribution in [0.5, 0.6) is 0 Å². The van der Waals surface area contributed by atoms with E-state index in [0.29, 0.717) is 12.8 Å². The van der Waals surface area contributed by atoms with Gasteiger partial charge >= 0.3 is 12.1 Å². The second kappa shape index (κ2) is 9.62. The van der Waals surface area contributed by atoms with E-state index in [2.05, 4.69) is 10.6 Å². The Bertz CT molecular complexity index is 1000. The van der Waals surface area contributed by atoms with E-state index in [-0.39, 0.29) is 19.1 Å². The molecule has 0 aliphatic heterocycles. The highest BCUT2D eigenvalue weighted by molar-refractivity contribution is 5.89. The summed E-state index contributed by atoms with van der Waals surface area (Å²) >= 11 is 0. The molecule has 4 rings (SSSR count). The molecule has 2 aliphatic rings. The SMILES string of the molecule is O=C(O)CC(NC(=O)OCC1c2ccccc2-c2ccccc21)C(=O)NC1(CO)CCCC1. The molecule has 1 unspecified atom stereocenters. The Morgan fingerprint density at radius 1 is 1.00 bits per heavy atom. The highest BCUT2D eigenvalue weighted by Crippen LogP contribution is 2.44. The Balaban J connectivity index is 1.42. The molecule has 0 bridgehead atoms. The van der Waals surface area contributed by atoms with Crippen LogP contribution >= 0.6 is 0 Å². The van der Waals surface area contributed by atoms with Gasteiger partial charge in [0.05, 0.1) is 18.6 Å². The molecule has 2 aliphatic carbocycles. The van der Waals surface area contributed by atoms with Crippen molar-refractivity contribution in [3.63, 3.8) is 0 Å². The van der Waals surface area contributed by atoms with Gasteiger partial charge in [-0.15, -0.1) is 0 Å². The van der Waals surface area contributed by atoms with E-state index >= 15 is 0 Å². The summed E-state index contributed by atoms with van der Waals surface area (Å²) in [7, 11) is 0. The van der Waals surface area contributed by atoms with E-state index in [1.807, 2.05) is 48.5 Å². The predicted molar refractivity (Wildman–Crippen MR) is 121 cm³/mol. The van der Waals surface area contributed by atoms with Crippen LogP contribution in [0.3, 0.4) is 0 Å². The number of benzene rings is 2. The third-order valence-electron chi connectivity index (χ3n) is 6.58. The number of fused-ring (bicyclic) bond motifs is 3. The molecule has 8 nitrogen and oxygen atoms in total. The van der Waals surface area contributed by atoms with Gasteiger partial charge in [0.1, 0.15) is 12.6 Å². The van der Waals surface area contributed by atoms with Crippen LogP contribution in [0.2, 0.25) is 0 Å². The van der Waals surface area contributed by atoms with Crippen molar-refractivity contribution in [2.24, 2.45) is 0 Å². The van der Waals surface area contributed by atoms with E-state index in [1.165, 1.54) is 0 Å². The molecule has 2 amide bonds. The molecule has 1 saturated carbocycles. The van der Waals surface area contributed by atoms with Crippen molar-refractivity contribution in [3.05, 3.63) is 59.7 Å². The summed E-state index contributed by atoms with van der Waals surface area (Å²) in [5.74, 6) is -2.01. The van der Waals surface area contributed by atoms with Crippen LogP contribution in [0.4, 0.5) is 4.79 Å². The summed E-state index contributed by atoms with van der Waals surface area (Å²) in [6.45, 7) is -0.175. The van der Waals surface area contributed by atoms with Crippen molar-refractivity contribution in [1.29, 1.82) is 0 Å². The summed E-state index contributed by atoms with van der Waals surface area (Å²) in [6.07, 6.45) is 1.51. The van der Waals surface area contributed by atoms with Crippen molar-refractivity contribution in [3.8, 4) is 11.1 Å². The van der Waals surface area contributed by atoms with E-state index < -0.39 is 36.0 Å². The number of nitrogens with one attached hydrogen (secondary N) is 2. The molecule has 1 atom stereocenters.